The van der Waals surface area contributed by atoms with E-state index in [9.17, 15) is 9.18 Å². The average Bonchev–Trinajstić information content (AvgIpc) is 2.89. The van der Waals surface area contributed by atoms with E-state index in [0.717, 1.165) is 31.7 Å². The van der Waals surface area contributed by atoms with Gasteiger partial charge in [-0.3, -0.25) is 0 Å². The van der Waals surface area contributed by atoms with Gasteiger partial charge in [0.1, 0.15) is 5.82 Å². The normalized spacial score (nSPS) is 19.1. The van der Waals surface area contributed by atoms with Gasteiger partial charge in [0.05, 0.1) is 16.8 Å². The quantitative estimate of drug-likeness (QED) is 0.816. The number of carbonyl (C=O) groups is 1. The van der Waals surface area contributed by atoms with Crippen LogP contribution in [0.2, 0.25) is 0 Å². The lowest BCUT2D eigenvalue weighted by molar-refractivity contribution is -0.0601. The van der Waals surface area contributed by atoms with E-state index in [2.05, 4.69) is 27.7 Å². The van der Waals surface area contributed by atoms with Gasteiger partial charge in [-0.15, -0.1) is 0 Å². The summed E-state index contributed by atoms with van der Waals surface area (Å²) < 4.78 is 26.3. The molecule has 2 rings (SSSR count). The maximum absolute atomic E-state index is 13.8. The number of benzene rings is 1. The van der Waals surface area contributed by atoms with E-state index in [1.807, 2.05) is 0 Å². The van der Waals surface area contributed by atoms with E-state index in [1.54, 1.807) is 0 Å². The van der Waals surface area contributed by atoms with Gasteiger partial charge in [0.25, 0.3) is 0 Å². The van der Waals surface area contributed by atoms with Crippen molar-refractivity contribution in [2.75, 3.05) is 0 Å². The SMILES string of the molecule is CCC1(CC)OB(c2cc(F)cc(C(=O)O)c2)OC1(CC)CC. The van der Waals surface area contributed by atoms with Gasteiger partial charge < -0.3 is 14.4 Å². The molecule has 126 valence electrons. The van der Waals surface area contributed by atoms with Crippen LogP contribution >= 0.6 is 0 Å². The molecule has 0 amide bonds. The van der Waals surface area contributed by atoms with Crippen LogP contribution in [0.15, 0.2) is 18.2 Å². The van der Waals surface area contributed by atoms with Crippen LogP contribution < -0.4 is 5.46 Å². The first kappa shape index (κ1) is 18.0. The fraction of sp³-hybridized carbons (Fsp3) is 0.588. The second-order valence-corrected chi connectivity index (χ2v) is 6.05. The van der Waals surface area contributed by atoms with E-state index in [1.165, 1.54) is 12.1 Å². The highest BCUT2D eigenvalue weighted by atomic mass is 19.1. The van der Waals surface area contributed by atoms with Gasteiger partial charge in [-0.25, -0.2) is 9.18 Å². The van der Waals surface area contributed by atoms with Crippen LogP contribution in [0.4, 0.5) is 4.39 Å². The third-order valence-corrected chi connectivity index (χ3v) is 5.22. The highest BCUT2D eigenvalue weighted by molar-refractivity contribution is 6.62. The van der Waals surface area contributed by atoms with Crippen molar-refractivity contribution in [2.24, 2.45) is 0 Å². The lowest BCUT2D eigenvalue weighted by atomic mass is 9.75. The van der Waals surface area contributed by atoms with Crippen molar-refractivity contribution in [1.29, 1.82) is 0 Å². The lowest BCUT2D eigenvalue weighted by Gasteiger charge is -2.42. The molecule has 0 bridgehead atoms. The van der Waals surface area contributed by atoms with Gasteiger partial charge in [0.2, 0.25) is 0 Å². The summed E-state index contributed by atoms with van der Waals surface area (Å²) in [6, 6.07) is 3.71. The molecular weight excluding hydrogens is 298 g/mol. The molecule has 0 radical (unpaired) electrons. The molecule has 1 N–H and O–H groups in total. The van der Waals surface area contributed by atoms with Gasteiger partial charge in [-0.05, 0) is 49.3 Å². The van der Waals surface area contributed by atoms with Crippen molar-refractivity contribution < 1.29 is 23.6 Å². The maximum Gasteiger partial charge on any atom is 0.495 e. The van der Waals surface area contributed by atoms with E-state index < -0.39 is 30.1 Å². The van der Waals surface area contributed by atoms with Gasteiger partial charge in [0, 0.05) is 0 Å². The Morgan fingerprint density at radius 3 is 1.91 bits per heavy atom. The van der Waals surface area contributed by atoms with Crippen LogP contribution in [0.3, 0.4) is 0 Å². The molecular formula is C17H24BFO4. The van der Waals surface area contributed by atoms with E-state index in [0.29, 0.717) is 5.46 Å². The van der Waals surface area contributed by atoms with Crippen molar-refractivity contribution in [1.82, 2.24) is 0 Å². The fourth-order valence-corrected chi connectivity index (χ4v) is 3.78. The van der Waals surface area contributed by atoms with Gasteiger partial charge in [-0.1, -0.05) is 27.7 Å². The first-order valence-electron chi connectivity index (χ1n) is 8.26. The Hall–Kier alpha value is -1.40. The molecule has 1 aliphatic heterocycles. The summed E-state index contributed by atoms with van der Waals surface area (Å²) in [5.41, 5.74) is -0.581. The predicted octanol–water partition coefficient (Wildman–Crippen LogP) is 3.38. The molecule has 1 aromatic carbocycles. The van der Waals surface area contributed by atoms with Crippen LogP contribution in [0.25, 0.3) is 0 Å². The third kappa shape index (κ3) is 2.90. The highest BCUT2D eigenvalue weighted by Gasteiger charge is 2.58. The van der Waals surface area contributed by atoms with E-state index in [4.69, 9.17) is 14.4 Å². The second-order valence-electron chi connectivity index (χ2n) is 6.05. The van der Waals surface area contributed by atoms with Crippen LogP contribution in [-0.2, 0) is 9.31 Å². The largest absolute Gasteiger partial charge is 0.495 e. The molecule has 0 unspecified atom stereocenters. The van der Waals surface area contributed by atoms with Gasteiger partial charge in [0.15, 0.2) is 0 Å². The number of halogens is 1. The fourth-order valence-electron chi connectivity index (χ4n) is 3.78. The topological polar surface area (TPSA) is 55.8 Å². The molecule has 1 fully saturated rings. The Bertz CT molecular complexity index is 562. The molecule has 4 nitrogen and oxygen atoms in total. The monoisotopic (exact) mass is 322 g/mol. The zero-order chi connectivity index (χ0) is 17.3. The summed E-state index contributed by atoms with van der Waals surface area (Å²) in [6.45, 7) is 8.24. The highest BCUT2D eigenvalue weighted by Crippen LogP contribution is 2.46. The predicted molar refractivity (Wildman–Crippen MR) is 87.5 cm³/mol. The molecule has 23 heavy (non-hydrogen) atoms. The Labute approximate surface area is 137 Å². The zero-order valence-corrected chi connectivity index (χ0v) is 14.2. The first-order valence-corrected chi connectivity index (χ1v) is 8.26. The summed E-state index contributed by atoms with van der Waals surface area (Å²) in [6.07, 6.45) is 3.12. The number of carboxylic acids is 1. The molecule has 0 aromatic heterocycles. The smallest absolute Gasteiger partial charge is 0.478 e. The Morgan fingerprint density at radius 2 is 1.52 bits per heavy atom. The lowest BCUT2D eigenvalue weighted by Crippen LogP contribution is -2.50. The summed E-state index contributed by atoms with van der Waals surface area (Å²) in [5, 5.41) is 9.12. The molecule has 1 saturated heterocycles. The Morgan fingerprint density at radius 1 is 1.04 bits per heavy atom. The first-order chi connectivity index (χ1) is 10.9. The number of hydrogen-bond acceptors (Lipinski definition) is 3. The Balaban J connectivity index is 2.45. The van der Waals surface area contributed by atoms with E-state index in [-0.39, 0.29) is 5.56 Å². The van der Waals surface area contributed by atoms with Crippen molar-refractivity contribution >= 4 is 18.6 Å². The average molecular weight is 322 g/mol. The standard InChI is InChI=1S/C17H24BFO4/c1-5-16(6-2)17(7-3,8-4)23-18(22-16)13-9-12(15(20)21)10-14(19)11-13/h9-11H,5-8H2,1-4H3,(H,20,21). The molecule has 0 aliphatic carbocycles. The third-order valence-electron chi connectivity index (χ3n) is 5.22. The Kier molecular flexibility index (Phi) is 5.16. The van der Waals surface area contributed by atoms with Crippen LogP contribution in [-0.4, -0.2) is 29.4 Å². The number of carboxylic acid groups (broad SMARTS) is 1. The minimum absolute atomic E-state index is 0.101. The van der Waals surface area contributed by atoms with Crippen molar-refractivity contribution in [3.05, 3.63) is 29.6 Å². The molecule has 1 heterocycles. The van der Waals surface area contributed by atoms with Gasteiger partial charge >= 0.3 is 13.1 Å². The molecule has 0 saturated carbocycles. The zero-order valence-electron chi connectivity index (χ0n) is 14.2. The molecule has 0 atom stereocenters. The van der Waals surface area contributed by atoms with Crippen molar-refractivity contribution in [3.63, 3.8) is 0 Å². The minimum atomic E-state index is -1.17. The van der Waals surface area contributed by atoms with E-state index >= 15 is 0 Å². The van der Waals surface area contributed by atoms with Crippen molar-refractivity contribution in [3.8, 4) is 0 Å². The van der Waals surface area contributed by atoms with Crippen LogP contribution in [0.5, 0.6) is 0 Å². The summed E-state index contributed by atoms with van der Waals surface area (Å²) in [4.78, 5) is 11.2. The maximum atomic E-state index is 13.8. The van der Waals surface area contributed by atoms with Crippen LogP contribution in [0, 0.1) is 5.82 Å². The number of aromatic carboxylic acids is 1. The minimum Gasteiger partial charge on any atom is -0.478 e. The molecule has 1 aliphatic rings. The summed E-state index contributed by atoms with van der Waals surface area (Å²) in [5.74, 6) is -1.77. The molecule has 1 aromatic rings. The number of rotatable bonds is 6. The van der Waals surface area contributed by atoms with Crippen LogP contribution in [0.1, 0.15) is 63.7 Å². The van der Waals surface area contributed by atoms with Crippen molar-refractivity contribution in [2.45, 2.75) is 64.6 Å². The second kappa shape index (κ2) is 6.61. The van der Waals surface area contributed by atoms with Gasteiger partial charge in [-0.2, -0.15) is 0 Å². The summed E-state index contributed by atoms with van der Waals surface area (Å²) in [7, 11) is -0.747. The molecule has 6 heteroatoms. The summed E-state index contributed by atoms with van der Waals surface area (Å²) >= 11 is 0. The number of hydrogen-bond donors (Lipinski definition) is 1. The molecule has 0 spiro atoms.